The molecule has 0 unspecified atom stereocenters. The van der Waals surface area contributed by atoms with Gasteiger partial charge in [0, 0.05) is 4.75 Å². The van der Waals surface area contributed by atoms with Crippen molar-refractivity contribution in [1.82, 2.24) is 0 Å². The van der Waals surface area contributed by atoms with Gasteiger partial charge in [0.1, 0.15) is 0 Å². The normalized spacial score (nSPS) is 29.3. The first kappa shape index (κ1) is 10.2. The lowest BCUT2D eigenvalue weighted by Crippen LogP contribution is -2.31. The summed E-state index contributed by atoms with van der Waals surface area (Å²) < 4.78 is 0.488. The lowest BCUT2D eigenvalue weighted by Gasteiger charge is -2.37. The highest BCUT2D eigenvalue weighted by atomic mass is 35.7. The third-order valence-corrected chi connectivity index (χ3v) is 5.92. The molecule has 0 atom stereocenters. The molecule has 0 bridgehead atoms. The van der Waals surface area contributed by atoms with Gasteiger partial charge in [0.05, 0.1) is 0 Å². The van der Waals surface area contributed by atoms with Crippen LogP contribution in [0.25, 0.3) is 0 Å². The van der Waals surface area contributed by atoms with E-state index < -0.39 is 0 Å². The molecule has 0 aromatic rings. The van der Waals surface area contributed by atoms with Crippen LogP contribution in [0.5, 0.6) is 0 Å². The van der Waals surface area contributed by atoms with Crippen molar-refractivity contribution in [3.05, 3.63) is 0 Å². The van der Waals surface area contributed by atoms with E-state index in [-0.39, 0.29) is 0 Å². The minimum absolute atomic E-state index is 0.488. The van der Waals surface area contributed by atoms with Gasteiger partial charge in [-0.3, -0.25) is 0 Å². The maximum Gasteiger partial charge on any atom is 0.0339 e. The lowest BCUT2D eigenvalue weighted by atomic mass is 9.78. The molecule has 0 spiro atoms. The molecule has 2 aliphatic carbocycles. The van der Waals surface area contributed by atoms with Crippen molar-refractivity contribution in [3.63, 3.8) is 0 Å². The summed E-state index contributed by atoms with van der Waals surface area (Å²) in [6.07, 6.45) is 12.8. The molecule has 2 heteroatoms. The second-order valence-electron chi connectivity index (χ2n) is 4.68. The van der Waals surface area contributed by atoms with Crippen LogP contribution < -0.4 is 0 Å². The number of rotatable bonds is 2. The van der Waals surface area contributed by atoms with Crippen LogP contribution in [0.3, 0.4) is 0 Å². The van der Waals surface area contributed by atoms with Gasteiger partial charge >= 0.3 is 0 Å². The van der Waals surface area contributed by atoms with Gasteiger partial charge < -0.3 is 0 Å². The Labute approximate surface area is 90.3 Å². The van der Waals surface area contributed by atoms with E-state index in [1.54, 1.807) is 11.0 Å². The summed E-state index contributed by atoms with van der Waals surface area (Å²) >= 11 is 0. The third kappa shape index (κ3) is 2.02. The van der Waals surface area contributed by atoms with Crippen LogP contribution in [0.4, 0.5) is 0 Å². The molecule has 0 nitrogen and oxygen atoms in total. The number of hydrogen-bond donors (Lipinski definition) is 0. The van der Waals surface area contributed by atoms with Crippen molar-refractivity contribution in [1.29, 1.82) is 0 Å². The van der Waals surface area contributed by atoms with Gasteiger partial charge in [0.15, 0.2) is 0 Å². The molecule has 0 aliphatic heterocycles. The molecule has 2 rings (SSSR count). The molecular weight excluding hydrogens is 200 g/mol. The highest BCUT2D eigenvalue weighted by Crippen LogP contribution is 2.52. The van der Waals surface area contributed by atoms with Gasteiger partial charge in [-0.15, -0.1) is 0 Å². The predicted octanol–water partition coefficient (Wildman–Crippen LogP) is 4.77. The van der Waals surface area contributed by atoms with Gasteiger partial charge in [-0.1, -0.05) is 32.1 Å². The molecule has 0 radical (unpaired) electrons. The minimum Gasteiger partial charge on any atom is -0.0533 e. The Hall–Kier alpha value is 0.640. The third-order valence-electron chi connectivity index (χ3n) is 3.95. The fourth-order valence-corrected chi connectivity index (χ4v) is 4.80. The van der Waals surface area contributed by atoms with Gasteiger partial charge in [-0.2, -0.15) is 0 Å². The Morgan fingerprint density at radius 3 is 2.08 bits per heavy atom. The predicted molar refractivity (Wildman–Crippen MR) is 61.2 cm³/mol. The van der Waals surface area contributed by atoms with E-state index >= 15 is 0 Å². The zero-order valence-corrected chi connectivity index (χ0v) is 9.80. The van der Waals surface area contributed by atoms with Crippen LogP contribution in [-0.4, -0.2) is 4.75 Å². The van der Waals surface area contributed by atoms with E-state index in [2.05, 4.69) is 0 Å². The molecule has 0 aromatic carbocycles. The molecule has 2 fully saturated rings. The first-order valence-electron chi connectivity index (χ1n) is 5.67. The molecule has 13 heavy (non-hydrogen) atoms. The molecular formula is C11H19ClS. The van der Waals surface area contributed by atoms with Crippen LogP contribution in [0.15, 0.2) is 0 Å². The smallest absolute Gasteiger partial charge is 0.0339 e. The summed E-state index contributed by atoms with van der Waals surface area (Å²) in [6, 6.07) is 0. The van der Waals surface area contributed by atoms with E-state index in [4.69, 9.17) is 10.7 Å². The molecule has 2 saturated carbocycles. The van der Waals surface area contributed by atoms with Crippen molar-refractivity contribution in [2.75, 3.05) is 0 Å². The molecule has 0 N–H and O–H groups in total. The van der Waals surface area contributed by atoms with E-state index in [0.29, 0.717) is 4.75 Å². The Kier molecular flexibility index (Phi) is 3.47. The van der Waals surface area contributed by atoms with E-state index in [1.165, 1.54) is 57.8 Å². The average Bonchev–Trinajstić information content (AvgIpc) is 2.69. The van der Waals surface area contributed by atoms with Crippen molar-refractivity contribution in [3.8, 4) is 0 Å². The van der Waals surface area contributed by atoms with Crippen LogP contribution in [0.1, 0.15) is 57.8 Å². The topological polar surface area (TPSA) is 0 Å². The summed E-state index contributed by atoms with van der Waals surface area (Å²) in [4.78, 5) is 0. The quantitative estimate of drug-likeness (QED) is 0.644. The summed E-state index contributed by atoms with van der Waals surface area (Å²) in [6.45, 7) is 0. The standard InChI is InChI=1S/C11H19ClS/c12-13-11(8-4-5-9-11)10-6-2-1-3-7-10/h10H,1-9H2. The zero-order chi connectivity index (χ0) is 9.15. The minimum atomic E-state index is 0.488. The summed E-state index contributed by atoms with van der Waals surface area (Å²) in [5.74, 6) is 0.936. The first-order valence-corrected chi connectivity index (χ1v) is 7.31. The number of halogens is 1. The molecule has 0 heterocycles. The zero-order valence-electron chi connectivity index (χ0n) is 8.23. The summed E-state index contributed by atoms with van der Waals surface area (Å²) in [5.41, 5.74) is 0. The van der Waals surface area contributed by atoms with Crippen LogP contribution >= 0.6 is 21.7 Å². The lowest BCUT2D eigenvalue weighted by molar-refractivity contribution is 0.281. The fraction of sp³-hybridized carbons (Fsp3) is 1.00. The van der Waals surface area contributed by atoms with E-state index in [0.717, 1.165) is 5.92 Å². The van der Waals surface area contributed by atoms with Crippen LogP contribution in [-0.2, 0) is 0 Å². The molecule has 76 valence electrons. The largest absolute Gasteiger partial charge is 0.0533 e. The van der Waals surface area contributed by atoms with Crippen LogP contribution in [0.2, 0.25) is 0 Å². The number of hydrogen-bond acceptors (Lipinski definition) is 1. The Morgan fingerprint density at radius 2 is 1.54 bits per heavy atom. The second-order valence-corrected chi connectivity index (χ2v) is 6.11. The maximum absolute atomic E-state index is 6.11. The Morgan fingerprint density at radius 1 is 0.923 bits per heavy atom. The first-order chi connectivity index (χ1) is 6.37. The van der Waals surface area contributed by atoms with Gasteiger partial charge in [0.2, 0.25) is 0 Å². The van der Waals surface area contributed by atoms with Crippen molar-refractivity contribution >= 4 is 21.7 Å². The Bertz CT molecular complexity index is 157. The highest BCUT2D eigenvalue weighted by Gasteiger charge is 2.41. The Balaban J connectivity index is 2.01. The summed E-state index contributed by atoms with van der Waals surface area (Å²) in [7, 11) is 7.77. The van der Waals surface area contributed by atoms with E-state index in [9.17, 15) is 0 Å². The van der Waals surface area contributed by atoms with Crippen LogP contribution in [0, 0.1) is 5.92 Å². The van der Waals surface area contributed by atoms with Crippen molar-refractivity contribution in [2.24, 2.45) is 5.92 Å². The summed E-state index contributed by atoms with van der Waals surface area (Å²) in [5, 5.41) is 0. The molecule has 0 aromatic heterocycles. The van der Waals surface area contributed by atoms with Gasteiger partial charge in [-0.25, -0.2) is 0 Å². The van der Waals surface area contributed by atoms with Crippen molar-refractivity contribution < 1.29 is 0 Å². The molecule has 0 amide bonds. The fourth-order valence-electron chi connectivity index (χ4n) is 3.15. The monoisotopic (exact) mass is 218 g/mol. The molecule has 2 aliphatic rings. The average molecular weight is 219 g/mol. The van der Waals surface area contributed by atoms with Gasteiger partial charge in [0.25, 0.3) is 0 Å². The highest BCUT2D eigenvalue weighted by molar-refractivity contribution is 8.22. The molecule has 0 saturated heterocycles. The SMILES string of the molecule is ClSC1(C2CCCCC2)CCCC1. The second kappa shape index (κ2) is 4.44. The maximum atomic E-state index is 6.11. The van der Waals surface area contributed by atoms with Crippen molar-refractivity contribution in [2.45, 2.75) is 62.5 Å². The van der Waals surface area contributed by atoms with Gasteiger partial charge in [-0.05, 0) is 53.3 Å². The van der Waals surface area contributed by atoms with E-state index in [1.807, 2.05) is 0 Å².